The summed E-state index contributed by atoms with van der Waals surface area (Å²) >= 11 is 8.09. The van der Waals surface area contributed by atoms with Gasteiger partial charge in [0.05, 0.1) is 0 Å². The number of likely N-dealkylation sites (N-methyl/N-ethyl adjacent to an activating group) is 1. The van der Waals surface area contributed by atoms with E-state index in [2.05, 4.69) is 24.3 Å². The minimum absolute atomic E-state index is 0.213. The van der Waals surface area contributed by atoms with Crippen molar-refractivity contribution < 1.29 is 0 Å². The van der Waals surface area contributed by atoms with E-state index in [9.17, 15) is 0 Å². The average molecular weight is 273 g/mol. The third kappa shape index (κ3) is 4.51. The van der Waals surface area contributed by atoms with E-state index in [-0.39, 0.29) is 6.04 Å². The molecule has 1 rings (SSSR count). The van der Waals surface area contributed by atoms with Crippen LogP contribution < -0.4 is 5.73 Å². The minimum atomic E-state index is 0.213. The van der Waals surface area contributed by atoms with E-state index < -0.39 is 0 Å². The van der Waals surface area contributed by atoms with Crippen LogP contribution in [0.5, 0.6) is 0 Å². The first-order chi connectivity index (χ1) is 8.20. The molecule has 0 radical (unpaired) electrons. The molecular weight excluding hydrogens is 252 g/mol. The van der Waals surface area contributed by atoms with Crippen molar-refractivity contribution in [2.24, 2.45) is 5.73 Å². The van der Waals surface area contributed by atoms with E-state index >= 15 is 0 Å². The molecule has 0 bridgehead atoms. The highest BCUT2D eigenvalue weighted by Crippen LogP contribution is 2.25. The van der Waals surface area contributed by atoms with Crippen LogP contribution in [0.4, 0.5) is 0 Å². The van der Waals surface area contributed by atoms with Gasteiger partial charge in [0.15, 0.2) is 0 Å². The number of halogens is 1. The first kappa shape index (κ1) is 14.8. The maximum absolute atomic E-state index is 6.22. The molecule has 0 amide bonds. The molecule has 2 nitrogen and oxygen atoms in total. The van der Waals surface area contributed by atoms with Gasteiger partial charge in [0.1, 0.15) is 0 Å². The van der Waals surface area contributed by atoms with Crippen molar-refractivity contribution in [1.29, 1.82) is 0 Å². The maximum Gasteiger partial charge on any atom is 0.0482 e. The molecule has 1 unspecified atom stereocenters. The number of rotatable bonds is 7. The normalized spacial score (nSPS) is 13.0. The van der Waals surface area contributed by atoms with Crippen LogP contribution in [0, 0.1) is 0 Å². The highest BCUT2D eigenvalue weighted by molar-refractivity contribution is 7.98. The summed E-state index contributed by atoms with van der Waals surface area (Å²) < 4.78 is 0. The molecule has 0 heterocycles. The van der Waals surface area contributed by atoms with Crippen LogP contribution in [0.1, 0.15) is 18.0 Å². The summed E-state index contributed by atoms with van der Waals surface area (Å²) in [6.45, 7) is 1.65. The third-order valence-corrected chi connectivity index (χ3v) is 3.92. The highest BCUT2D eigenvalue weighted by Gasteiger charge is 2.17. The Kier molecular flexibility index (Phi) is 6.97. The molecule has 0 aliphatic rings. The van der Waals surface area contributed by atoms with Gasteiger partial charge >= 0.3 is 0 Å². The van der Waals surface area contributed by atoms with Crippen molar-refractivity contribution in [1.82, 2.24) is 4.90 Å². The van der Waals surface area contributed by atoms with Gasteiger partial charge in [-0.3, -0.25) is 4.90 Å². The van der Waals surface area contributed by atoms with Crippen molar-refractivity contribution in [3.8, 4) is 0 Å². The summed E-state index contributed by atoms with van der Waals surface area (Å²) in [5.41, 5.74) is 7.00. The van der Waals surface area contributed by atoms with Crippen LogP contribution in [0.15, 0.2) is 24.3 Å². The van der Waals surface area contributed by atoms with Crippen LogP contribution >= 0.6 is 23.4 Å². The monoisotopic (exact) mass is 272 g/mol. The number of benzene rings is 1. The molecule has 0 saturated heterocycles. The third-order valence-electron chi connectivity index (χ3n) is 2.88. The van der Waals surface area contributed by atoms with E-state index in [1.165, 1.54) is 12.2 Å². The van der Waals surface area contributed by atoms with Crippen molar-refractivity contribution >= 4 is 23.4 Å². The molecule has 1 atom stereocenters. The topological polar surface area (TPSA) is 29.3 Å². The lowest BCUT2D eigenvalue weighted by Crippen LogP contribution is -2.31. The molecule has 1 aromatic carbocycles. The second-order valence-corrected chi connectivity index (χ2v) is 5.49. The van der Waals surface area contributed by atoms with Crippen molar-refractivity contribution in [3.05, 3.63) is 34.9 Å². The fourth-order valence-corrected chi connectivity index (χ4v) is 2.58. The van der Waals surface area contributed by atoms with Crippen LogP contribution in [0.3, 0.4) is 0 Å². The molecule has 0 aliphatic heterocycles. The second kappa shape index (κ2) is 7.98. The van der Waals surface area contributed by atoms with Crippen molar-refractivity contribution in [2.45, 2.75) is 12.5 Å². The first-order valence-electron chi connectivity index (χ1n) is 5.84. The van der Waals surface area contributed by atoms with Gasteiger partial charge < -0.3 is 5.73 Å². The zero-order valence-corrected chi connectivity index (χ0v) is 12.1. The van der Waals surface area contributed by atoms with Gasteiger partial charge in [-0.05, 0) is 43.7 Å². The quantitative estimate of drug-likeness (QED) is 0.774. The van der Waals surface area contributed by atoms with Gasteiger partial charge in [-0.15, -0.1) is 0 Å². The smallest absolute Gasteiger partial charge is 0.0482 e. The molecular formula is C13H21ClN2S. The SMILES string of the molecule is CSCCCN(C)C(CN)c1ccccc1Cl. The van der Waals surface area contributed by atoms with Gasteiger partial charge in [-0.25, -0.2) is 0 Å². The Labute approximate surface area is 114 Å². The van der Waals surface area contributed by atoms with E-state index in [1.54, 1.807) is 0 Å². The molecule has 96 valence electrons. The van der Waals surface area contributed by atoms with Gasteiger partial charge in [-0.2, -0.15) is 11.8 Å². The molecule has 2 N–H and O–H groups in total. The Morgan fingerprint density at radius 2 is 2.12 bits per heavy atom. The molecule has 0 fully saturated rings. The lowest BCUT2D eigenvalue weighted by atomic mass is 10.1. The zero-order valence-electron chi connectivity index (χ0n) is 10.5. The molecule has 4 heteroatoms. The van der Waals surface area contributed by atoms with E-state index in [0.717, 1.165) is 17.1 Å². The van der Waals surface area contributed by atoms with Crippen LogP contribution in [-0.2, 0) is 0 Å². The summed E-state index contributed by atoms with van der Waals surface area (Å²) in [5, 5.41) is 0.805. The van der Waals surface area contributed by atoms with Gasteiger partial charge in [-0.1, -0.05) is 29.8 Å². The Hall–Kier alpha value is -0.220. The largest absolute Gasteiger partial charge is 0.329 e. The standard InChI is InChI=1S/C13H21ClN2S/c1-16(8-5-9-17-2)13(10-15)11-6-3-4-7-12(11)14/h3-4,6-7,13H,5,8-10,15H2,1-2H3. The van der Waals surface area contributed by atoms with Crippen LogP contribution in [0.25, 0.3) is 0 Å². The maximum atomic E-state index is 6.22. The van der Waals surface area contributed by atoms with Gasteiger partial charge in [0.25, 0.3) is 0 Å². The van der Waals surface area contributed by atoms with Crippen molar-refractivity contribution in [2.75, 3.05) is 32.1 Å². The molecule has 0 spiro atoms. The Bertz CT molecular complexity index is 333. The lowest BCUT2D eigenvalue weighted by Gasteiger charge is -2.28. The van der Waals surface area contributed by atoms with Crippen LogP contribution in [-0.4, -0.2) is 37.0 Å². The summed E-state index contributed by atoms with van der Waals surface area (Å²) in [6, 6.07) is 8.16. The second-order valence-electron chi connectivity index (χ2n) is 4.10. The number of hydrogen-bond acceptors (Lipinski definition) is 3. The molecule has 0 aromatic heterocycles. The average Bonchev–Trinajstić information content (AvgIpc) is 2.33. The Morgan fingerprint density at radius 3 is 2.71 bits per heavy atom. The molecule has 17 heavy (non-hydrogen) atoms. The van der Waals surface area contributed by atoms with Crippen molar-refractivity contribution in [3.63, 3.8) is 0 Å². The highest BCUT2D eigenvalue weighted by atomic mass is 35.5. The fraction of sp³-hybridized carbons (Fsp3) is 0.538. The lowest BCUT2D eigenvalue weighted by molar-refractivity contribution is 0.251. The molecule has 1 aromatic rings. The predicted octanol–water partition coefficient (Wildman–Crippen LogP) is 3.02. The van der Waals surface area contributed by atoms with Gasteiger partial charge in [0, 0.05) is 17.6 Å². The zero-order chi connectivity index (χ0) is 12.7. The summed E-state index contributed by atoms with van der Waals surface area (Å²) in [5.74, 6) is 1.18. The number of thioether (sulfide) groups is 1. The summed E-state index contributed by atoms with van der Waals surface area (Å²) in [6.07, 6.45) is 3.31. The first-order valence-corrected chi connectivity index (χ1v) is 7.61. The fourth-order valence-electron chi connectivity index (χ4n) is 1.90. The Morgan fingerprint density at radius 1 is 1.41 bits per heavy atom. The van der Waals surface area contributed by atoms with Gasteiger partial charge in [0.2, 0.25) is 0 Å². The summed E-state index contributed by atoms with van der Waals surface area (Å²) in [4.78, 5) is 2.29. The Balaban J connectivity index is 2.67. The summed E-state index contributed by atoms with van der Waals surface area (Å²) in [7, 11) is 2.11. The van der Waals surface area contributed by atoms with Crippen LogP contribution in [0.2, 0.25) is 5.02 Å². The van der Waals surface area contributed by atoms with E-state index in [0.29, 0.717) is 6.54 Å². The number of hydrogen-bond donors (Lipinski definition) is 1. The number of nitrogens with two attached hydrogens (primary N) is 1. The minimum Gasteiger partial charge on any atom is -0.329 e. The van der Waals surface area contributed by atoms with E-state index in [4.69, 9.17) is 17.3 Å². The molecule has 0 saturated carbocycles. The number of nitrogens with zero attached hydrogens (tertiary/aromatic N) is 1. The molecule has 0 aliphatic carbocycles. The predicted molar refractivity (Wildman–Crippen MR) is 78.9 cm³/mol. The van der Waals surface area contributed by atoms with E-state index in [1.807, 2.05) is 30.0 Å².